The number of aromatic nitrogens is 2. The van der Waals surface area contributed by atoms with Crippen LogP contribution in [0.15, 0.2) is 22.7 Å². The van der Waals surface area contributed by atoms with Crippen molar-refractivity contribution in [2.24, 2.45) is 5.73 Å². The first-order valence-electron chi connectivity index (χ1n) is 8.53. The lowest BCUT2D eigenvalue weighted by atomic mass is 9.92. The topological polar surface area (TPSA) is 94.0 Å². The summed E-state index contributed by atoms with van der Waals surface area (Å²) >= 11 is 0. The zero-order valence-electron chi connectivity index (χ0n) is 15.3. The number of amides is 1. The van der Waals surface area contributed by atoms with E-state index in [1.54, 1.807) is 19.1 Å². The van der Waals surface area contributed by atoms with Gasteiger partial charge in [-0.25, -0.2) is 4.39 Å². The van der Waals surface area contributed by atoms with Gasteiger partial charge < -0.3 is 15.6 Å². The summed E-state index contributed by atoms with van der Waals surface area (Å²) in [5, 5.41) is 6.90. The molecule has 144 valence electrons. The summed E-state index contributed by atoms with van der Waals surface area (Å²) in [6, 6.07) is 4.63. The number of nitrogens with two attached hydrogens (primary N) is 1. The Balaban J connectivity index is 0.00000338. The van der Waals surface area contributed by atoms with Crippen LogP contribution in [0.2, 0.25) is 0 Å². The van der Waals surface area contributed by atoms with E-state index in [4.69, 9.17) is 10.3 Å². The lowest BCUT2D eigenvalue weighted by Gasteiger charge is -2.31. The Morgan fingerprint density at radius 3 is 2.62 bits per heavy atom. The van der Waals surface area contributed by atoms with E-state index in [1.165, 1.54) is 6.07 Å². The number of hydrogen-bond donors (Lipinski definition) is 2. The maximum atomic E-state index is 13.3. The molecule has 0 aliphatic carbocycles. The minimum Gasteiger partial charge on any atom is -0.349 e. The van der Waals surface area contributed by atoms with E-state index in [-0.39, 0.29) is 36.1 Å². The van der Waals surface area contributed by atoms with Crippen molar-refractivity contribution in [3.8, 4) is 11.4 Å². The SMILES string of the molecule is CCC(CC)(CN)NC(=O)CCc1nc(-c2ccc(F)c(C)c2)no1.Cl. The molecule has 0 unspecified atom stereocenters. The highest BCUT2D eigenvalue weighted by Gasteiger charge is 2.26. The second-order valence-electron chi connectivity index (χ2n) is 6.22. The molecule has 0 saturated carbocycles. The van der Waals surface area contributed by atoms with E-state index >= 15 is 0 Å². The first-order valence-corrected chi connectivity index (χ1v) is 8.53. The van der Waals surface area contributed by atoms with E-state index in [0.29, 0.717) is 35.8 Å². The summed E-state index contributed by atoms with van der Waals surface area (Å²) in [6.07, 6.45) is 2.14. The minimum atomic E-state index is -0.358. The zero-order chi connectivity index (χ0) is 18.4. The fraction of sp³-hybridized carbons (Fsp3) is 0.500. The van der Waals surface area contributed by atoms with Gasteiger partial charge in [0.25, 0.3) is 0 Å². The predicted molar refractivity (Wildman–Crippen MR) is 101 cm³/mol. The molecule has 0 spiro atoms. The molecule has 0 radical (unpaired) electrons. The van der Waals surface area contributed by atoms with E-state index in [2.05, 4.69) is 15.5 Å². The predicted octanol–water partition coefficient (Wildman–Crippen LogP) is 3.17. The van der Waals surface area contributed by atoms with Crippen LogP contribution in [0.3, 0.4) is 0 Å². The molecular weight excluding hydrogens is 359 g/mol. The van der Waals surface area contributed by atoms with Gasteiger partial charge in [0.2, 0.25) is 17.6 Å². The summed E-state index contributed by atoms with van der Waals surface area (Å²) in [5.74, 6) is 0.390. The molecule has 1 aromatic carbocycles. The largest absolute Gasteiger partial charge is 0.349 e. The van der Waals surface area contributed by atoms with Crippen molar-refractivity contribution < 1.29 is 13.7 Å². The first-order chi connectivity index (χ1) is 11.9. The Morgan fingerprint density at radius 1 is 1.35 bits per heavy atom. The Morgan fingerprint density at radius 2 is 2.04 bits per heavy atom. The highest BCUT2D eigenvalue weighted by Crippen LogP contribution is 2.19. The van der Waals surface area contributed by atoms with E-state index in [0.717, 1.165) is 12.8 Å². The number of aryl methyl sites for hydroxylation is 2. The van der Waals surface area contributed by atoms with Crippen molar-refractivity contribution in [3.05, 3.63) is 35.5 Å². The molecule has 1 heterocycles. The normalized spacial score (nSPS) is 11.1. The Hall–Kier alpha value is -1.99. The number of rotatable bonds is 8. The third-order valence-corrected chi connectivity index (χ3v) is 4.60. The summed E-state index contributed by atoms with van der Waals surface area (Å²) in [5.41, 5.74) is 6.63. The lowest BCUT2D eigenvalue weighted by molar-refractivity contribution is -0.123. The minimum absolute atomic E-state index is 0. The molecular formula is C18H26ClFN4O2. The van der Waals surface area contributed by atoms with Gasteiger partial charge in [-0.15, -0.1) is 12.4 Å². The third-order valence-electron chi connectivity index (χ3n) is 4.60. The maximum absolute atomic E-state index is 13.3. The van der Waals surface area contributed by atoms with Crippen LogP contribution in [-0.2, 0) is 11.2 Å². The number of hydrogen-bond acceptors (Lipinski definition) is 5. The van der Waals surface area contributed by atoms with Crippen LogP contribution in [0, 0.1) is 12.7 Å². The first kappa shape index (κ1) is 22.1. The van der Waals surface area contributed by atoms with Gasteiger partial charge in [0.15, 0.2) is 0 Å². The molecule has 0 saturated heterocycles. The summed E-state index contributed by atoms with van der Waals surface area (Å²) in [4.78, 5) is 16.4. The molecule has 6 nitrogen and oxygen atoms in total. The molecule has 26 heavy (non-hydrogen) atoms. The van der Waals surface area contributed by atoms with Gasteiger partial charge in [0, 0.05) is 24.9 Å². The molecule has 1 amide bonds. The van der Waals surface area contributed by atoms with Crippen molar-refractivity contribution in [2.75, 3.05) is 6.54 Å². The maximum Gasteiger partial charge on any atom is 0.227 e. The second kappa shape index (κ2) is 9.64. The van der Waals surface area contributed by atoms with Crippen molar-refractivity contribution in [1.29, 1.82) is 0 Å². The smallest absolute Gasteiger partial charge is 0.227 e. The molecule has 2 aromatic rings. The molecule has 0 bridgehead atoms. The lowest BCUT2D eigenvalue weighted by Crippen LogP contribution is -2.52. The average Bonchev–Trinajstić information content (AvgIpc) is 3.09. The van der Waals surface area contributed by atoms with Crippen LogP contribution in [0.25, 0.3) is 11.4 Å². The number of halogens is 2. The van der Waals surface area contributed by atoms with Crippen LogP contribution in [-0.4, -0.2) is 28.1 Å². The van der Waals surface area contributed by atoms with Gasteiger partial charge in [-0.3, -0.25) is 4.79 Å². The van der Waals surface area contributed by atoms with Crippen molar-refractivity contribution in [2.45, 2.75) is 52.0 Å². The van der Waals surface area contributed by atoms with Crippen LogP contribution < -0.4 is 11.1 Å². The Kier molecular flexibility index (Phi) is 8.17. The third kappa shape index (κ3) is 5.25. The molecule has 0 aliphatic heterocycles. The Bertz CT molecular complexity index is 723. The van der Waals surface area contributed by atoms with Crippen molar-refractivity contribution in [1.82, 2.24) is 15.5 Å². The molecule has 1 aromatic heterocycles. The summed E-state index contributed by atoms with van der Waals surface area (Å²) in [6.45, 7) is 6.09. The zero-order valence-corrected chi connectivity index (χ0v) is 16.2. The number of nitrogens with one attached hydrogen (secondary N) is 1. The number of carbonyl (C=O) groups excluding carboxylic acids is 1. The van der Waals surface area contributed by atoms with Crippen LogP contribution in [0.1, 0.15) is 44.6 Å². The fourth-order valence-electron chi connectivity index (χ4n) is 2.60. The van der Waals surface area contributed by atoms with Crippen LogP contribution >= 0.6 is 12.4 Å². The van der Waals surface area contributed by atoms with Gasteiger partial charge in [0.1, 0.15) is 5.82 Å². The molecule has 0 atom stereocenters. The van der Waals surface area contributed by atoms with E-state index < -0.39 is 0 Å². The number of carbonyl (C=O) groups is 1. The highest BCUT2D eigenvalue weighted by atomic mass is 35.5. The monoisotopic (exact) mass is 384 g/mol. The molecule has 2 rings (SSSR count). The number of nitrogens with zero attached hydrogens (tertiary/aromatic N) is 2. The molecule has 3 N–H and O–H groups in total. The van der Waals surface area contributed by atoms with Gasteiger partial charge in [-0.05, 0) is 43.5 Å². The van der Waals surface area contributed by atoms with Crippen molar-refractivity contribution in [3.63, 3.8) is 0 Å². The summed E-state index contributed by atoms with van der Waals surface area (Å²) < 4.78 is 18.5. The van der Waals surface area contributed by atoms with Crippen LogP contribution in [0.5, 0.6) is 0 Å². The van der Waals surface area contributed by atoms with Gasteiger partial charge in [-0.1, -0.05) is 19.0 Å². The molecule has 0 aliphatic rings. The molecule has 0 fully saturated rings. The molecule has 8 heteroatoms. The van der Waals surface area contributed by atoms with Crippen LogP contribution in [0.4, 0.5) is 4.39 Å². The van der Waals surface area contributed by atoms with Gasteiger partial charge in [-0.2, -0.15) is 4.98 Å². The van der Waals surface area contributed by atoms with Crippen molar-refractivity contribution >= 4 is 18.3 Å². The average molecular weight is 385 g/mol. The van der Waals surface area contributed by atoms with Gasteiger partial charge in [0.05, 0.1) is 5.54 Å². The van der Waals surface area contributed by atoms with E-state index in [1.807, 2.05) is 13.8 Å². The second-order valence-corrected chi connectivity index (χ2v) is 6.22. The fourth-order valence-corrected chi connectivity index (χ4v) is 2.60. The summed E-state index contributed by atoms with van der Waals surface area (Å²) in [7, 11) is 0. The number of benzene rings is 1. The van der Waals surface area contributed by atoms with Gasteiger partial charge >= 0.3 is 0 Å². The quantitative estimate of drug-likeness (QED) is 0.729. The Labute approximate surface area is 159 Å². The highest BCUT2D eigenvalue weighted by molar-refractivity contribution is 5.85. The van der Waals surface area contributed by atoms with E-state index in [9.17, 15) is 9.18 Å². The standard InChI is InChI=1S/C18H25FN4O2.ClH/c1-4-18(5-2,11-20)22-15(24)8-9-16-21-17(23-25-16)13-6-7-14(19)12(3)10-13;/h6-7,10H,4-5,8-9,11,20H2,1-3H3,(H,22,24);1H.